The SMILES string of the molecule is C1=C(n2c3ccccc3c3ccccc32)c2oc3c(-c4ccc5c(c4)sc4c(C6=NC(c7ccccc7)NC(c7ccccc7)=N6)cccc45)cccc3c2CC1. The van der Waals surface area contributed by atoms with Crippen LogP contribution in [0.4, 0.5) is 0 Å². The number of amidine groups is 2. The van der Waals surface area contributed by atoms with E-state index >= 15 is 0 Å². The molecule has 0 amide bonds. The minimum absolute atomic E-state index is 0.255. The van der Waals surface area contributed by atoms with E-state index in [-0.39, 0.29) is 6.17 Å². The molecule has 3 aromatic heterocycles. The Balaban J connectivity index is 0.984. The van der Waals surface area contributed by atoms with Crippen LogP contribution < -0.4 is 5.32 Å². The lowest BCUT2D eigenvalue weighted by Crippen LogP contribution is -2.33. The van der Waals surface area contributed by atoms with E-state index in [0.717, 1.165) is 69.4 Å². The fourth-order valence-electron chi connectivity index (χ4n) is 8.93. The van der Waals surface area contributed by atoms with E-state index in [9.17, 15) is 0 Å². The van der Waals surface area contributed by atoms with Crippen molar-refractivity contribution in [3.8, 4) is 11.1 Å². The van der Waals surface area contributed by atoms with Crippen LogP contribution in [0.15, 0.2) is 184 Å². The molecule has 1 atom stereocenters. The van der Waals surface area contributed by atoms with Gasteiger partial charge in [-0.1, -0.05) is 146 Å². The number of nitrogens with one attached hydrogen (secondary N) is 1. The number of furan rings is 1. The third kappa shape index (κ3) is 5.07. The predicted octanol–water partition coefficient (Wildman–Crippen LogP) is 12.9. The first-order chi connectivity index (χ1) is 28.3. The second-order valence-corrected chi connectivity index (χ2v) is 15.9. The van der Waals surface area contributed by atoms with Crippen molar-refractivity contribution in [3.63, 3.8) is 0 Å². The second kappa shape index (κ2) is 12.8. The predicted molar refractivity (Wildman–Crippen MR) is 238 cm³/mol. The summed E-state index contributed by atoms with van der Waals surface area (Å²) in [5.74, 6) is 2.52. The maximum absolute atomic E-state index is 7.05. The highest BCUT2D eigenvalue weighted by molar-refractivity contribution is 7.26. The van der Waals surface area contributed by atoms with Gasteiger partial charge in [0, 0.05) is 58.6 Å². The zero-order valence-electron chi connectivity index (χ0n) is 30.8. The molecule has 4 heterocycles. The number of hydrogen-bond donors (Lipinski definition) is 1. The van der Waals surface area contributed by atoms with E-state index in [0.29, 0.717) is 0 Å². The Morgan fingerprint density at radius 1 is 0.614 bits per heavy atom. The lowest BCUT2D eigenvalue weighted by Gasteiger charge is -2.23. The lowest BCUT2D eigenvalue weighted by molar-refractivity contribution is 0.586. The monoisotopic (exact) mass is 750 g/mol. The van der Waals surface area contributed by atoms with Crippen molar-refractivity contribution in [2.45, 2.75) is 19.0 Å². The number of aliphatic imine (C=N–C) groups is 2. The normalized spacial score (nSPS) is 15.5. The molecule has 5 nitrogen and oxygen atoms in total. The molecule has 57 heavy (non-hydrogen) atoms. The molecular formula is C51H34N4OS. The summed E-state index contributed by atoms with van der Waals surface area (Å²) in [5.41, 5.74) is 11.1. The van der Waals surface area contributed by atoms with E-state index in [1.807, 2.05) is 24.3 Å². The van der Waals surface area contributed by atoms with Gasteiger partial charge in [0.25, 0.3) is 0 Å². The van der Waals surface area contributed by atoms with Crippen molar-refractivity contribution >= 4 is 81.7 Å². The van der Waals surface area contributed by atoms with Crippen LogP contribution in [0, 0.1) is 0 Å². The molecule has 0 fully saturated rings. The van der Waals surface area contributed by atoms with Crippen LogP contribution in [0.5, 0.6) is 0 Å². The number of rotatable bonds is 5. The van der Waals surface area contributed by atoms with Crippen molar-refractivity contribution in [1.29, 1.82) is 0 Å². The molecule has 0 bridgehead atoms. The Hall–Kier alpha value is -7.02. The van der Waals surface area contributed by atoms with Gasteiger partial charge in [0.05, 0.1) is 16.7 Å². The zero-order chi connectivity index (χ0) is 37.5. The Morgan fingerprint density at radius 2 is 1.30 bits per heavy atom. The van der Waals surface area contributed by atoms with Crippen LogP contribution >= 0.6 is 11.3 Å². The molecule has 1 unspecified atom stereocenters. The van der Waals surface area contributed by atoms with E-state index in [1.54, 1.807) is 11.3 Å². The summed E-state index contributed by atoms with van der Waals surface area (Å²) in [5, 5.41) is 9.73. The number of para-hydroxylation sites is 3. The molecule has 0 radical (unpaired) electrons. The van der Waals surface area contributed by atoms with Crippen molar-refractivity contribution in [2.24, 2.45) is 9.98 Å². The summed E-state index contributed by atoms with van der Waals surface area (Å²) in [4.78, 5) is 10.4. The van der Waals surface area contributed by atoms with Crippen LogP contribution in [-0.4, -0.2) is 16.2 Å². The summed E-state index contributed by atoms with van der Waals surface area (Å²) in [7, 11) is 0. The van der Waals surface area contributed by atoms with Gasteiger partial charge in [-0.2, -0.15) is 0 Å². The number of aryl methyl sites for hydroxylation is 1. The molecule has 7 aromatic carbocycles. The maximum atomic E-state index is 7.05. The third-order valence-corrected chi connectivity index (χ3v) is 12.8. The molecule has 0 saturated heterocycles. The molecule has 6 heteroatoms. The standard InChI is InChI=1S/C51H34N4OS/c1-3-14-31(15-4-1)49-52-50(32-16-5-2-6-17-32)54-51(53-49)41-24-12-23-40-37-29-28-33(30-45(37)57-48(40)41)34-20-11-21-38-39-22-13-27-44(47(39)56-46(34)38)55-42-25-9-7-18-35(42)36-19-8-10-26-43(36)55/h1-12,14-21,23-30,49H,13,22H2,(H,52,53,54). The minimum Gasteiger partial charge on any atom is -0.454 e. The highest BCUT2D eigenvalue weighted by Crippen LogP contribution is 2.44. The summed E-state index contributed by atoms with van der Waals surface area (Å²) in [6.45, 7) is 0. The average molecular weight is 751 g/mol. The van der Waals surface area contributed by atoms with Gasteiger partial charge in [-0.05, 0) is 48.2 Å². The van der Waals surface area contributed by atoms with Crippen molar-refractivity contribution in [3.05, 3.63) is 198 Å². The minimum atomic E-state index is -0.255. The van der Waals surface area contributed by atoms with Gasteiger partial charge < -0.3 is 14.3 Å². The highest BCUT2D eigenvalue weighted by Gasteiger charge is 2.27. The first-order valence-corrected chi connectivity index (χ1v) is 20.3. The Bertz CT molecular complexity index is 3270. The molecule has 1 aliphatic carbocycles. The zero-order valence-corrected chi connectivity index (χ0v) is 31.6. The van der Waals surface area contributed by atoms with E-state index in [1.165, 1.54) is 52.9 Å². The summed E-state index contributed by atoms with van der Waals surface area (Å²) < 4.78 is 11.8. The molecule has 10 aromatic rings. The van der Waals surface area contributed by atoms with E-state index in [4.69, 9.17) is 14.4 Å². The van der Waals surface area contributed by atoms with Crippen molar-refractivity contribution in [1.82, 2.24) is 9.88 Å². The number of allylic oxidation sites excluding steroid dienone is 1. The van der Waals surface area contributed by atoms with Crippen molar-refractivity contribution in [2.75, 3.05) is 0 Å². The van der Waals surface area contributed by atoms with Gasteiger partial charge in [0.15, 0.2) is 11.6 Å². The largest absolute Gasteiger partial charge is 0.454 e. The maximum Gasteiger partial charge on any atom is 0.160 e. The molecule has 0 saturated carbocycles. The summed E-state index contributed by atoms with van der Waals surface area (Å²) in [6.07, 6.45) is 4.01. The van der Waals surface area contributed by atoms with Gasteiger partial charge >= 0.3 is 0 Å². The number of nitrogens with zero attached hydrogens (tertiary/aromatic N) is 3. The van der Waals surface area contributed by atoms with Crippen LogP contribution in [0.3, 0.4) is 0 Å². The average Bonchev–Trinajstić information content (AvgIpc) is 3.96. The van der Waals surface area contributed by atoms with Crippen molar-refractivity contribution < 1.29 is 4.42 Å². The Labute approximate surface area is 332 Å². The van der Waals surface area contributed by atoms with Gasteiger partial charge in [-0.25, -0.2) is 9.98 Å². The third-order valence-electron chi connectivity index (χ3n) is 11.6. The van der Waals surface area contributed by atoms with E-state index < -0.39 is 0 Å². The first-order valence-electron chi connectivity index (χ1n) is 19.5. The van der Waals surface area contributed by atoms with Gasteiger partial charge in [0.2, 0.25) is 0 Å². The molecule has 1 aliphatic heterocycles. The van der Waals surface area contributed by atoms with Gasteiger partial charge in [0.1, 0.15) is 17.6 Å². The van der Waals surface area contributed by atoms with Crippen LogP contribution in [-0.2, 0) is 6.42 Å². The highest BCUT2D eigenvalue weighted by atomic mass is 32.1. The number of hydrogen-bond acceptors (Lipinski definition) is 5. The Morgan fingerprint density at radius 3 is 2.09 bits per heavy atom. The van der Waals surface area contributed by atoms with E-state index in [2.05, 4.69) is 155 Å². The van der Waals surface area contributed by atoms with Gasteiger partial charge in [-0.15, -0.1) is 11.3 Å². The molecule has 270 valence electrons. The lowest BCUT2D eigenvalue weighted by atomic mass is 9.96. The quantitative estimate of drug-likeness (QED) is 0.190. The van der Waals surface area contributed by atoms with Gasteiger partial charge in [-0.3, -0.25) is 0 Å². The Kier molecular flexibility index (Phi) is 7.22. The molecule has 0 spiro atoms. The van der Waals surface area contributed by atoms with Crippen LogP contribution in [0.1, 0.15) is 40.6 Å². The molecule has 1 N–H and O–H groups in total. The molecular weight excluding hydrogens is 717 g/mol. The fraction of sp³-hybridized carbons (Fsp3) is 0.0588. The summed E-state index contributed by atoms with van der Waals surface area (Å²) >= 11 is 1.80. The molecule has 12 rings (SSSR count). The fourth-order valence-corrected chi connectivity index (χ4v) is 10.2. The number of fused-ring (bicyclic) bond motifs is 9. The van der Waals surface area contributed by atoms with Crippen LogP contribution in [0.25, 0.3) is 69.8 Å². The number of aromatic nitrogens is 1. The topological polar surface area (TPSA) is 54.8 Å². The molecule has 2 aliphatic rings. The first kappa shape index (κ1) is 32.2. The van der Waals surface area contributed by atoms with Crippen LogP contribution in [0.2, 0.25) is 0 Å². The summed E-state index contributed by atoms with van der Waals surface area (Å²) in [6, 6.07) is 58.1. The second-order valence-electron chi connectivity index (χ2n) is 14.8. The number of thiophene rings is 1. The number of benzene rings is 7. The smallest absolute Gasteiger partial charge is 0.160 e.